The molecule has 17 heavy (non-hydrogen) atoms. The van der Waals surface area contributed by atoms with E-state index in [-0.39, 0.29) is 10.6 Å². The Morgan fingerprint density at radius 1 is 1.53 bits per heavy atom. The Morgan fingerprint density at radius 2 is 2.24 bits per heavy atom. The van der Waals surface area contributed by atoms with Crippen LogP contribution in [0.25, 0.3) is 0 Å². The number of carbonyl (C=O) groups is 1. The number of hydrogen-bond donors (Lipinski definition) is 1. The monoisotopic (exact) mass is 260 g/mol. The lowest BCUT2D eigenvalue weighted by Crippen LogP contribution is -2.26. The SMILES string of the molecule is Cn1cc(S(=O)(=O)N2CCCO2)cc1C(=O)O. The smallest absolute Gasteiger partial charge is 0.352 e. The zero-order valence-corrected chi connectivity index (χ0v) is 9.98. The van der Waals surface area contributed by atoms with E-state index in [0.717, 1.165) is 10.5 Å². The fourth-order valence-electron chi connectivity index (χ4n) is 1.62. The Labute approximate surface area is 98.2 Å². The predicted molar refractivity (Wildman–Crippen MR) is 56.8 cm³/mol. The third-order valence-electron chi connectivity index (χ3n) is 2.49. The van der Waals surface area contributed by atoms with E-state index in [9.17, 15) is 13.2 Å². The van der Waals surface area contributed by atoms with E-state index in [1.807, 2.05) is 0 Å². The molecule has 0 radical (unpaired) electrons. The van der Waals surface area contributed by atoms with Crippen LogP contribution in [0.4, 0.5) is 0 Å². The molecule has 94 valence electrons. The van der Waals surface area contributed by atoms with E-state index in [2.05, 4.69) is 0 Å². The van der Waals surface area contributed by atoms with Crippen LogP contribution in [0.5, 0.6) is 0 Å². The lowest BCUT2D eigenvalue weighted by atomic mass is 10.4. The van der Waals surface area contributed by atoms with Crippen molar-refractivity contribution in [1.82, 2.24) is 9.04 Å². The second-order valence-corrected chi connectivity index (χ2v) is 5.52. The summed E-state index contributed by atoms with van der Waals surface area (Å²) in [4.78, 5) is 15.7. The van der Waals surface area contributed by atoms with Crippen LogP contribution in [0.1, 0.15) is 16.9 Å². The maximum atomic E-state index is 12.0. The van der Waals surface area contributed by atoms with Gasteiger partial charge in [-0.2, -0.15) is 0 Å². The largest absolute Gasteiger partial charge is 0.477 e. The normalized spacial score (nSPS) is 17.5. The molecule has 0 atom stereocenters. The molecule has 2 rings (SSSR count). The molecule has 0 amide bonds. The van der Waals surface area contributed by atoms with Crippen molar-refractivity contribution < 1.29 is 23.2 Å². The number of sulfonamides is 1. The Balaban J connectivity index is 2.40. The van der Waals surface area contributed by atoms with Gasteiger partial charge in [-0.3, -0.25) is 4.84 Å². The molecule has 0 aliphatic carbocycles. The topological polar surface area (TPSA) is 88.8 Å². The predicted octanol–water partition coefficient (Wildman–Crippen LogP) is 0.0493. The summed E-state index contributed by atoms with van der Waals surface area (Å²) in [5.74, 6) is -1.17. The summed E-state index contributed by atoms with van der Waals surface area (Å²) in [7, 11) is -2.27. The molecular weight excluding hydrogens is 248 g/mol. The lowest BCUT2D eigenvalue weighted by Gasteiger charge is -2.12. The van der Waals surface area contributed by atoms with Crippen LogP contribution in [0.15, 0.2) is 17.2 Å². The Bertz CT molecular complexity index is 542. The first-order valence-electron chi connectivity index (χ1n) is 4.98. The molecule has 2 heterocycles. The van der Waals surface area contributed by atoms with Gasteiger partial charge in [0.2, 0.25) is 0 Å². The summed E-state index contributed by atoms with van der Waals surface area (Å²) in [5.41, 5.74) is -0.0808. The first-order valence-corrected chi connectivity index (χ1v) is 6.42. The minimum absolute atomic E-state index is 0.0701. The van der Waals surface area contributed by atoms with Gasteiger partial charge in [0.1, 0.15) is 10.6 Å². The molecule has 1 fully saturated rings. The van der Waals surface area contributed by atoms with Crippen molar-refractivity contribution in [3.8, 4) is 0 Å². The number of carboxylic acid groups (broad SMARTS) is 1. The van der Waals surface area contributed by atoms with Crippen molar-refractivity contribution in [3.05, 3.63) is 18.0 Å². The minimum atomic E-state index is -3.75. The second-order valence-electron chi connectivity index (χ2n) is 3.70. The molecule has 0 spiro atoms. The van der Waals surface area contributed by atoms with Crippen LogP contribution in [-0.4, -0.2) is 41.7 Å². The van der Waals surface area contributed by atoms with E-state index in [1.54, 1.807) is 0 Å². The van der Waals surface area contributed by atoms with E-state index >= 15 is 0 Å². The number of carboxylic acids is 1. The molecule has 0 saturated carbocycles. The van der Waals surface area contributed by atoms with E-state index < -0.39 is 16.0 Å². The average molecular weight is 260 g/mol. The highest BCUT2D eigenvalue weighted by Gasteiger charge is 2.30. The molecular formula is C9H12N2O5S. The number of nitrogens with zero attached hydrogens (tertiary/aromatic N) is 2. The number of aryl methyl sites for hydroxylation is 1. The number of rotatable bonds is 3. The fraction of sp³-hybridized carbons (Fsp3) is 0.444. The van der Waals surface area contributed by atoms with Crippen molar-refractivity contribution >= 4 is 16.0 Å². The number of aromatic nitrogens is 1. The third-order valence-corrected chi connectivity index (χ3v) is 4.13. The molecule has 1 N–H and O–H groups in total. The van der Waals surface area contributed by atoms with Crippen LogP contribution in [-0.2, 0) is 21.9 Å². The highest BCUT2D eigenvalue weighted by molar-refractivity contribution is 7.89. The van der Waals surface area contributed by atoms with Gasteiger partial charge in [0.15, 0.2) is 0 Å². The van der Waals surface area contributed by atoms with Crippen LogP contribution >= 0.6 is 0 Å². The van der Waals surface area contributed by atoms with Gasteiger partial charge in [0.25, 0.3) is 10.0 Å². The van der Waals surface area contributed by atoms with Crippen molar-refractivity contribution in [2.24, 2.45) is 7.05 Å². The van der Waals surface area contributed by atoms with Gasteiger partial charge in [0.05, 0.1) is 6.61 Å². The van der Waals surface area contributed by atoms with Gasteiger partial charge in [-0.15, -0.1) is 0 Å². The van der Waals surface area contributed by atoms with Gasteiger partial charge in [-0.25, -0.2) is 13.2 Å². The third kappa shape index (κ3) is 2.06. The van der Waals surface area contributed by atoms with Gasteiger partial charge in [-0.05, 0) is 12.5 Å². The maximum absolute atomic E-state index is 12.0. The molecule has 1 aromatic heterocycles. The van der Waals surface area contributed by atoms with Crippen molar-refractivity contribution in [2.45, 2.75) is 11.3 Å². The van der Waals surface area contributed by atoms with Crippen molar-refractivity contribution in [2.75, 3.05) is 13.2 Å². The van der Waals surface area contributed by atoms with Gasteiger partial charge < -0.3 is 9.67 Å². The van der Waals surface area contributed by atoms with Crippen LogP contribution < -0.4 is 0 Å². The van der Waals surface area contributed by atoms with E-state index in [1.165, 1.54) is 17.8 Å². The summed E-state index contributed by atoms with van der Waals surface area (Å²) in [6.45, 7) is 0.650. The first kappa shape index (κ1) is 12.1. The van der Waals surface area contributed by atoms with Gasteiger partial charge in [0, 0.05) is 19.8 Å². The number of hydroxylamine groups is 1. The Morgan fingerprint density at radius 3 is 2.71 bits per heavy atom. The van der Waals surface area contributed by atoms with E-state index in [4.69, 9.17) is 9.94 Å². The molecule has 0 unspecified atom stereocenters. The van der Waals surface area contributed by atoms with Gasteiger partial charge >= 0.3 is 5.97 Å². The molecule has 1 aliphatic rings. The first-order chi connectivity index (χ1) is 7.93. The van der Waals surface area contributed by atoms with Crippen LogP contribution in [0.2, 0.25) is 0 Å². The van der Waals surface area contributed by atoms with Gasteiger partial charge in [-0.1, -0.05) is 4.47 Å². The van der Waals surface area contributed by atoms with Crippen molar-refractivity contribution in [3.63, 3.8) is 0 Å². The summed E-state index contributed by atoms with van der Waals surface area (Å²) in [6, 6.07) is 1.12. The van der Waals surface area contributed by atoms with E-state index in [0.29, 0.717) is 19.6 Å². The molecule has 1 aromatic rings. The molecule has 8 heteroatoms. The maximum Gasteiger partial charge on any atom is 0.352 e. The van der Waals surface area contributed by atoms with Crippen LogP contribution in [0.3, 0.4) is 0 Å². The number of aromatic carboxylic acids is 1. The number of hydrogen-bond acceptors (Lipinski definition) is 4. The summed E-state index contributed by atoms with van der Waals surface area (Å²) >= 11 is 0. The summed E-state index contributed by atoms with van der Waals surface area (Å²) < 4.78 is 26.2. The molecule has 0 bridgehead atoms. The molecule has 1 saturated heterocycles. The lowest BCUT2D eigenvalue weighted by molar-refractivity contribution is -0.0284. The summed E-state index contributed by atoms with van der Waals surface area (Å²) in [5, 5.41) is 8.85. The Hall–Kier alpha value is -1.38. The molecule has 7 nitrogen and oxygen atoms in total. The van der Waals surface area contributed by atoms with Crippen molar-refractivity contribution in [1.29, 1.82) is 0 Å². The zero-order valence-electron chi connectivity index (χ0n) is 9.16. The molecule has 1 aliphatic heterocycles. The zero-order chi connectivity index (χ0) is 12.6. The minimum Gasteiger partial charge on any atom is -0.477 e. The standard InChI is InChI=1S/C9H12N2O5S/c1-10-6-7(5-8(10)9(12)13)17(14,15)11-3-2-4-16-11/h5-6H,2-4H2,1H3,(H,12,13). The Kier molecular flexibility index (Phi) is 2.94. The highest BCUT2D eigenvalue weighted by atomic mass is 32.2. The second kappa shape index (κ2) is 4.13. The molecule has 0 aromatic carbocycles. The average Bonchev–Trinajstić information content (AvgIpc) is 2.84. The quantitative estimate of drug-likeness (QED) is 0.829. The fourth-order valence-corrected chi connectivity index (χ4v) is 2.99. The highest BCUT2D eigenvalue weighted by Crippen LogP contribution is 2.21. The van der Waals surface area contributed by atoms with Crippen LogP contribution in [0, 0.1) is 0 Å². The summed E-state index contributed by atoms with van der Waals surface area (Å²) in [6.07, 6.45) is 1.90.